The molecule has 0 N–H and O–H groups in total. The van der Waals surface area contributed by atoms with Crippen molar-refractivity contribution in [1.29, 1.82) is 5.26 Å². The molecular formula is C16H22N2. The van der Waals surface area contributed by atoms with Crippen LogP contribution >= 0.6 is 0 Å². The number of rotatable bonds is 3. The Morgan fingerprint density at radius 1 is 1.33 bits per heavy atom. The molecule has 0 bridgehead atoms. The Labute approximate surface area is 110 Å². The molecule has 18 heavy (non-hydrogen) atoms. The summed E-state index contributed by atoms with van der Waals surface area (Å²) in [5.74, 6) is 0.815. The lowest BCUT2D eigenvalue weighted by Gasteiger charge is -2.41. The zero-order chi connectivity index (χ0) is 13.0. The molecule has 0 amide bonds. The van der Waals surface area contributed by atoms with Crippen molar-refractivity contribution in [3.05, 3.63) is 35.9 Å². The van der Waals surface area contributed by atoms with E-state index < -0.39 is 0 Å². The lowest BCUT2D eigenvalue weighted by Crippen LogP contribution is -2.42. The van der Waals surface area contributed by atoms with E-state index in [2.05, 4.69) is 49.1 Å². The zero-order valence-electron chi connectivity index (χ0n) is 11.3. The van der Waals surface area contributed by atoms with Crippen LogP contribution in [0.4, 0.5) is 0 Å². The summed E-state index contributed by atoms with van der Waals surface area (Å²) < 4.78 is 0. The summed E-state index contributed by atoms with van der Waals surface area (Å²) in [6.45, 7) is 5.74. The van der Waals surface area contributed by atoms with E-state index in [1.54, 1.807) is 0 Å². The maximum absolute atomic E-state index is 9.09. The first-order valence-electron chi connectivity index (χ1n) is 6.90. The Kier molecular flexibility index (Phi) is 4.38. The standard InChI is InChI=1S/C16H22N2/c1-13-9-11-18(14(2)12-13)16(8-10-17)15-6-4-3-5-7-15/h3-7,13-14,16H,8-9,11-12H2,1-2H3. The molecule has 96 valence electrons. The third kappa shape index (κ3) is 2.91. The Bertz CT molecular complexity index is 407. The van der Waals surface area contributed by atoms with Gasteiger partial charge in [0.15, 0.2) is 0 Å². The summed E-state index contributed by atoms with van der Waals surface area (Å²) in [7, 11) is 0. The highest BCUT2D eigenvalue weighted by Gasteiger charge is 2.29. The van der Waals surface area contributed by atoms with Crippen molar-refractivity contribution in [3.63, 3.8) is 0 Å². The second-order valence-electron chi connectivity index (χ2n) is 5.51. The maximum atomic E-state index is 9.09. The molecule has 1 aliphatic heterocycles. The van der Waals surface area contributed by atoms with E-state index in [4.69, 9.17) is 5.26 Å². The fourth-order valence-electron chi connectivity index (χ4n) is 3.08. The van der Waals surface area contributed by atoms with Crippen molar-refractivity contribution >= 4 is 0 Å². The van der Waals surface area contributed by atoms with E-state index in [1.165, 1.54) is 18.4 Å². The van der Waals surface area contributed by atoms with Crippen LogP contribution in [0, 0.1) is 17.2 Å². The molecule has 1 aromatic rings. The van der Waals surface area contributed by atoms with Crippen LogP contribution in [0.25, 0.3) is 0 Å². The third-order valence-corrected chi connectivity index (χ3v) is 4.06. The number of benzene rings is 1. The highest BCUT2D eigenvalue weighted by Crippen LogP contribution is 2.32. The van der Waals surface area contributed by atoms with Crippen LogP contribution in [0.1, 0.15) is 44.7 Å². The van der Waals surface area contributed by atoms with Gasteiger partial charge in [-0.1, -0.05) is 37.3 Å². The fraction of sp³-hybridized carbons (Fsp3) is 0.562. The zero-order valence-corrected chi connectivity index (χ0v) is 11.3. The van der Waals surface area contributed by atoms with Crippen LogP contribution in [-0.4, -0.2) is 17.5 Å². The van der Waals surface area contributed by atoms with Gasteiger partial charge in [0.2, 0.25) is 0 Å². The number of hydrogen-bond acceptors (Lipinski definition) is 2. The van der Waals surface area contributed by atoms with E-state index in [1.807, 2.05) is 6.07 Å². The highest BCUT2D eigenvalue weighted by molar-refractivity contribution is 5.20. The van der Waals surface area contributed by atoms with Crippen molar-refractivity contribution in [1.82, 2.24) is 4.90 Å². The molecule has 0 aromatic heterocycles. The maximum Gasteiger partial charge on any atom is 0.0641 e. The molecule has 3 unspecified atom stereocenters. The van der Waals surface area contributed by atoms with Crippen LogP contribution in [0.15, 0.2) is 30.3 Å². The first kappa shape index (κ1) is 13.1. The minimum absolute atomic E-state index is 0.263. The van der Waals surface area contributed by atoms with Crippen molar-refractivity contribution in [2.45, 2.75) is 45.2 Å². The van der Waals surface area contributed by atoms with E-state index in [0.29, 0.717) is 12.5 Å². The predicted octanol–water partition coefficient (Wildman–Crippen LogP) is 3.76. The van der Waals surface area contributed by atoms with E-state index in [-0.39, 0.29) is 6.04 Å². The fourth-order valence-corrected chi connectivity index (χ4v) is 3.08. The Morgan fingerprint density at radius 3 is 2.67 bits per heavy atom. The van der Waals surface area contributed by atoms with Crippen molar-refractivity contribution < 1.29 is 0 Å². The van der Waals surface area contributed by atoms with Gasteiger partial charge >= 0.3 is 0 Å². The van der Waals surface area contributed by atoms with Gasteiger partial charge in [0, 0.05) is 12.1 Å². The van der Waals surface area contributed by atoms with Crippen LogP contribution in [0.5, 0.6) is 0 Å². The molecule has 1 fully saturated rings. The summed E-state index contributed by atoms with van der Waals surface area (Å²) in [5, 5.41) is 9.09. The third-order valence-electron chi connectivity index (χ3n) is 4.06. The minimum atomic E-state index is 0.263. The van der Waals surface area contributed by atoms with Crippen LogP contribution in [-0.2, 0) is 0 Å². The van der Waals surface area contributed by atoms with Gasteiger partial charge in [0.05, 0.1) is 12.5 Å². The highest BCUT2D eigenvalue weighted by atomic mass is 15.2. The Hall–Kier alpha value is -1.33. The smallest absolute Gasteiger partial charge is 0.0641 e. The van der Waals surface area contributed by atoms with Gasteiger partial charge in [0.25, 0.3) is 0 Å². The van der Waals surface area contributed by atoms with E-state index >= 15 is 0 Å². The molecule has 1 aromatic carbocycles. The topological polar surface area (TPSA) is 27.0 Å². The molecule has 0 saturated carbocycles. The molecule has 3 atom stereocenters. The van der Waals surface area contributed by atoms with Crippen molar-refractivity contribution in [2.24, 2.45) is 5.92 Å². The molecular weight excluding hydrogens is 220 g/mol. The minimum Gasteiger partial charge on any atom is -0.293 e. The van der Waals surface area contributed by atoms with Crippen molar-refractivity contribution in [2.75, 3.05) is 6.54 Å². The number of hydrogen-bond donors (Lipinski definition) is 0. The average molecular weight is 242 g/mol. The van der Waals surface area contributed by atoms with Crippen LogP contribution < -0.4 is 0 Å². The number of likely N-dealkylation sites (tertiary alicyclic amines) is 1. The Balaban J connectivity index is 2.18. The lowest BCUT2D eigenvalue weighted by atomic mass is 9.90. The molecule has 2 nitrogen and oxygen atoms in total. The molecule has 0 aliphatic carbocycles. The van der Waals surface area contributed by atoms with Crippen molar-refractivity contribution in [3.8, 4) is 6.07 Å². The molecule has 1 aliphatic rings. The molecule has 2 rings (SSSR count). The molecule has 0 radical (unpaired) electrons. The molecule has 1 heterocycles. The normalized spacial score (nSPS) is 26.5. The number of nitriles is 1. The van der Waals surface area contributed by atoms with E-state index in [9.17, 15) is 0 Å². The lowest BCUT2D eigenvalue weighted by molar-refractivity contribution is 0.0830. The second kappa shape index (κ2) is 6.02. The average Bonchev–Trinajstić information content (AvgIpc) is 2.38. The van der Waals surface area contributed by atoms with Gasteiger partial charge < -0.3 is 0 Å². The number of nitrogens with zero attached hydrogens (tertiary/aromatic N) is 2. The van der Waals surface area contributed by atoms with Crippen LogP contribution in [0.3, 0.4) is 0 Å². The monoisotopic (exact) mass is 242 g/mol. The SMILES string of the molecule is CC1CCN(C(CC#N)c2ccccc2)C(C)C1. The van der Waals surface area contributed by atoms with Gasteiger partial charge in [-0.3, -0.25) is 4.90 Å². The predicted molar refractivity (Wildman–Crippen MR) is 74.0 cm³/mol. The quantitative estimate of drug-likeness (QED) is 0.807. The van der Waals surface area contributed by atoms with Gasteiger partial charge in [-0.15, -0.1) is 0 Å². The molecule has 2 heteroatoms. The van der Waals surface area contributed by atoms with Gasteiger partial charge in [-0.05, 0) is 37.8 Å². The van der Waals surface area contributed by atoms with E-state index in [0.717, 1.165) is 12.5 Å². The van der Waals surface area contributed by atoms with Gasteiger partial charge in [0.1, 0.15) is 0 Å². The summed E-state index contributed by atoms with van der Waals surface area (Å²) in [5.41, 5.74) is 1.28. The number of piperidine rings is 1. The Morgan fingerprint density at radius 2 is 2.06 bits per heavy atom. The summed E-state index contributed by atoms with van der Waals surface area (Å²) in [4.78, 5) is 2.51. The summed E-state index contributed by atoms with van der Waals surface area (Å²) in [6.07, 6.45) is 3.08. The second-order valence-corrected chi connectivity index (χ2v) is 5.51. The molecule has 1 saturated heterocycles. The molecule has 0 spiro atoms. The summed E-state index contributed by atoms with van der Waals surface area (Å²) >= 11 is 0. The van der Waals surface area contributed by atoms with Gasteiger partial charge in [-0.2, -0.15) is 5.26 Å². The van der Waals surface area contributed by atoms with Gasteiger partial charge in [-0.25, -0.2) is 0 Å². The largest absolute Gasteiger partial charge is 0.293 e. The van der Waals surface area contributed by atoms with Crippen LogP contribution in [0.2, 0.25) is 0 Å². The first-order chi connectivity index (χ1) is 8.72. The first-order valence-corrected chi connectivity index (χ1v) is 6.90. The summed E-state index contributed by atoms with van der Waals surface area (Å²) in [6, 6.07) is 13.7.